The van der Waals surface area contributed by atoms with Crippen LogP contribution in [-0.4, -0.2) is 17.4 Å². The van der Waals surface area contributed by atoms with E-state index in [0.29, 0.717) is 5.69 Å². The minimum Gasteiger partial charge on any atom is -0.478 e. The molecule has 0 radical (unpaired) electrons. The predicted octanol–water partition coefficient (Wildman–Crippen LogP) is 0.110. The van der Waals surface area contributed by atoms with Gasteiger partial charge in [0.15, 0.2) is 12.5 Å². The Morgan fingerprint density at radius 2 is 2.33 bits per heavy atom. The maximum atomic E-state index is 10.6. The van der Waals surface area contributed by atoms with Crippen LogP contribution in [-0.2, 0) is 0 Å². The van der Waals surface area contributed by atoms with E-state index in [4.69, 9.17) is 16.1 Å². The number of nitrogens with two attached hydrogens (primary N) is 1. The quantitative estimate of drug-likeness (QED) is 0.316. The molecule has 0 saturated heterocycles. The number of benzene rings is 1. The highest BCUT2D eigenvalue weighted by Gasteiger charge is 2.04. The SMILES string of the molecule is N#CNC(N)Nc1cccc(C(=O)O)c1. The van der Waals surface area contributed by atoms with Gasteiger partial charge >= 0.3 is 5.97 Å². The molecule has 1 atom stereocenters. The average molecular weight is 206 g/mol. The summed E-state index contributed by atoms with van der Waals surface area (Å²) in [7, 11) is 0. The second kappa shape index (κ2) is 4.83. The van der Waals surface area contributed by atoms with Gasteiger partial charge in [-0.3, -0.25) is 11.1 Å². The smallest absolute Gasteiger partial charge is 0.335 e. The Kier molecular flexibility index (Phi) is 3.49. The van der Waals surface area contributed by atoms with Crippen molar-refractivity contribution in [2.75, 3.05) is 5.32 Å². The molecule has 1 rings (SSSR count). The van der Waals surface area contributed by atoms with Crippen LogP contribution in [0.5, 0.6) is 0 Å². The molecule has 0 heterocycles. The first-order valence-electron chi connectivity index (χ1n) is 4.13. The number of carbonyl (C=O) groups is 1. The summed E-state index contributed by atoms with van der Waals surface area (Å²) in [5, 5.41) is 22.0. The highest BCUT2D eigenvalue weighted by atomic mass is 16.4. The third-order valence-electron chi connectivity index (χ3n) is 1.65. The molecule has 0 saturated carbocycles. The van der Waals surface area contributed by atoms with Gasteiger partial charge in [0.2, 0.25) is 0 Å². The first kappa shape index (κ1) is 10.8. The lowest BCUT2D eigenvalue weighted by Crippen LogP contribution is -2.41. The van der Waals surface area contributed by atoms with E-state index in [2.05, 4.69) is 10.6 Å². The molecule has 6 heteroatoms. The fourth-order valence-electron chi connectivity index (χ4n) is 1.03. The number of nitriles is 1. The maximum absolute atomic E-state index is 10.6. The number of carboxylic acid groups (broad SMARTS) is 1. The Labute approximate surface area is 86.3 Å². The van der Waals surface area contributed by atoms with Crippen LogP contribution in [0.15, 0.2) is 24.3 Å². The predicted molar refractivity (Wildman–Crippen MR) is 53.7 cm³/mol. The summed E-state index contributed by atoms with van der Waals surface area (Å²) in [5.41, 5.74) is 6.14. The molecule has 0 amide bonds. The highest BCUT2D eigenvalue weighted by molar-refractivity contribution is 5.88. The van der Waals surface area contributed by atoms with E-state index in [1.54, 1.807) is 18.3 Å². The van der Waals surface area contributed by atoms with Gasteiger partial charge in [-0.1, -0.05) is 6.07 Å². The molecule has 0 aliphatic rings. The normalized spacial score (nSPS) is 11.2. The number of rotatable bonds is 4. The van der Waals surface area contributed by atoms with Gasteiger partial charge in [-0.05, 0) is 18.2 Å². The third-order valence-corrected chi connectivity index (χ3v) is 1.65. The lowest BCUT2D eigenvalue weighted by molar-refractivity contribution is 0.0697. The molecule has 1 unspecified atom stereocenters. The Hall–Kier alpha value is -2.26. The number of hydrogen-bond donors (Lipinski definition) is 4. The zero-order chi connectivity index (χ0) is 11.3. The van der Waals surface area contributed by atoms with Crippen molar-refractivity contribution >= 4 is 11.7 Å². The molecule has 0 spiro atoms. The molecule has 0 aromatic heterocycles. The number of nitrogens with zero attached hydrogens (tertiary/aromatic N) is 1. The minimum absolute atomic E-state index is 0.157. The summed E-state index contributed by atoms with van der Waals surface area (Å²) in [5.74, 6) is -1.01. The van der Waals surface area contributed by atoms with E-state index >= 15 is 0 Å². The van der Waals surface area contributed by atoms with Crippen molar-refractivity contribution in [3.63, 3.8) is 0 Å². The van der Waals surface area contributed by atoms with Crippen LogP contribution in [0.4, 0.5) is 5.69 Å². The van der Waals surface area contributed by atoms with Crippen molar-refractivity contribution < 1.29 is 9.90 Å². The largest absolute Gasteiger partial charge is 0.478 e. The summed E-state index contributed by atoms with van der Waals surface area (Å²) in [6.07, 6.45) is 0.934. The van der Waals surface area contributed by atoms with Crippen LogP contribution in [0.1, 0.15) is 10.4 Å². The molecule has 0 aliphatic carbocycles. The molecular formula is C9H10N4O2. The molecule has 6 nitrogen and oxygen atoms in total. The summed E-state index contributed by atoms with van der Waals surface area (Å²) < 4.78 is 0. The fraction of sp³-hybridized carbons (Fsp3) is 0.111. The molecule has 0 fully saturated rings. The van der Waals surface area contributed by atoms with Crippen molar-refractivity contribution in [3.8, 4) is 6.19 Å². The number of carboxylic acids is 1. The van der Waals surface area contributed by atoms with Gasteiger partial charge in [0.25, 0.3) is 0 Å². The van der Waals surface area contributed by atoms with E-state index in [1.807, 2.05) is 0 Å². The molecule has 0 bridgehead atoms. The van der Waals surface area contributed by atoms with E-state index in [1.165, 1.54) is 12.1 Å². The van der Waals surface area contributed by atoms with Gasteiger partial charge < -0.3 is 10.4 Å². The van der Waals surface area contributed by atoms with Gasteiger partial charge in [0, 0.05) is 5.69 Å². The molecule has 1 aromatic carbocycles. The van der Waals surface area contributed by atoms with Crippen LogP contribution in [0.25, 0.3) is 0 Å². The lowest BCUT2D eigenvalue weighted by Gasteiger charge is -2.13. The lowest BCUT2D eigenvalue weighted by atomic mass is 10.2. The number of nitrogens with one attached hydrogen (secondary N) is 2. The zero-order valence-electron chi connectivity index (χ0n) is 7.77. The van der Waals surface area contributed by atoms with Crippen molar-refractivity contribution in [2.45, 2.75) is 6.29 Å². The van der Waals surface area contributed by atoms with E-state index in [-0.39, 0.29) is 5.56 Å². The minimum atomic E-state index is -1.01. The standard InChI is InChI=1S/C9H10N4O2/c10-5-12-9(11)13-7-3-1-2-6(4-7)8(14)15/h1-4,9,12-13H,11H2,(H,14,15). The highest BCUT2D eigenvalue weighted by Crippen LogP contribution is 2.10. The summed E-state index contributed by atoms with van der Waals surface area (Å²) in [6, 6.07) is 6.15. The topological polar surface area (TPSA) is 111 Å². The molecular weight excluding hydrogens is 196 g/mol. The van der Waals surface area contributed by atoms with Crippen molar-refractivity contribution in [2.24, 2.45) is 5.73 Å². The van der Waals surface area contributed by atoms with Crippen LogP contribution in [0.2, 0.25) is 0 Å². The summed E-state index contributed by atoms with van der Waals surface area (Å²) >= 11 is 0. The van der Waals surface area contributed by atoms with Gasteiger partial charge in [0.1, 0.15) is 0 Å². The maximum Gasteiger partial charge on any atom is 0.335 e. The third kappa shape index (κ3) is 3.17. The number of hydrogen-bond acceptors (Lipinski definition) is 5. The fourth-order valence-corrected chi connectivity index (χ4v) is 1.03. The molecule has 1 aromatic rings. The van der Waals surface area contributed by atoms with Gasteiger partial charge in [-0.2, -0.15) is 5.26 Å². The summed E-state index contributed by atoms with van der Waals surface area (Å²) in [4.78, 5) is 10.6. The van der Waals surface area contributed by atoms with Crippen LogP contribution in [0, 0.1) is 11.5 Å². The monoisotopic (exact) mass is 206 g/mol. The summed E-state index contributed by atoms with van der Waals surface area (Å²) in [6.45, 7) is 0. The first-order valence-corrected chi connectivity index (χ1v) is 4.13. The molecule has 5 N–H and O–H groups in total. The Bertz CT molecular complexity index is 399. The Balaban J connectivity index is 2.74. The Morgan fingerprint density at radius 1 is 1.60 bits per heavy atom. The van der Waals surface area contributed by atoms with Crippen molar-refractivity contribution in [1.29, 1.82) is 5.26 Å². The molecule has 78 valence electrons. The van der Waals surface area contributed by atoms with Crippen LogP contribution >= 0.6 is 0 Å². The van der Waals surface area contributed by atoms with E-state index in [0.717, 1.165) is 0 Å². The average Bonchev–Trinajstić information content (AvgIpc) is 2.18. The van der Waals surface area contributed by atoms with E-state index in [9.17, 15) is 4.79 Å². The van der Waals surface area contributed by atoms with Crippen LogP contribution < -0.4 is 16.4 Å². The number of aromatic carboxylic acids is 1. The first-order chi connectivity index (χ1) is 7.13. The zero-order valence-corrected chi connectivity index (χ0v) is 7.77. The van der Waals surface area contributed by atoms with Crippen molar-refractivity contribution in [3.05, 3.63) is 29.8 Å². The van der Waals surface area contributed by atoms with Gasteiger partial charge in [-0.25, -0.2) is 4.79 Å². The van der Waals surface area contributed by atoms with Gasteiger partial charge in [0.05, 0.1) is 5.56 Å². The van der Waals surface area contributed by atoms with Crippen LogP contribution in [0.3, 0.4) is 0 Å². The second-order valence-electron chi connectivity index (χ2n) is 2.76. The Morgan fingerprint density at radius 3 is 2.93 bits per heavy atom. The molecule has 0 aliphatic heterocycles. The number of anilines is 1. The molecule has 15 heavy (non-hydrogen) atoms. The van der Waals surface area contributed by atoms with Crippen molar-refractivity contribution in [1.82, 2.24) is 5.32 Å². The second-order valence-corrected chi connectivity index (χ2v) is 2.76. The van der Waals surface area contributed by atoms with Gasteiger partial charge in [-0.15, -0.1) is 0 Å². The van der Waals surface area contributed by atoms with E-state index < -0.39 is 12.3 Å².